The van der Waals surface area contributed by atoms with E-state index in [1.807, 2.05) is 36.9 Å². The van der Waals surface area contributed by atoms with Crippen molar-refractivity contribution < 1.29 is 9.18 Å². The second-order valence-electron chi connectivity index (χ2n) is 6.45. The number of nitrogens with zero attached hydrogens (tertiary/aromatic N) is 4. The summed E-state index contributed by atoms with van der Waals surface area (Å²) in [4.78, 5) is 21.6. The van der Waals surface area contributed by atoms with Gasteiger partial charge in [-0.2, -0.15) is 0 Å². The van der Waals surface area contributed by atoms with E-state index in [9.17, 15) is 9.18 Å². The molecule has 0 aliphatic rings. The number of rotatable bonds is 4. The third kappa shape index (κ3) is 3.31. The van der Waals surface area contributed by atoms with Gasteiger partial charge in [-0.15, -0.1) is 0 Å². The van der Waals surface area contributed by atoms with Gasteiger partial charge in [-0.25, -0.2) is 14.4 Å². The van der Waals surface area contributed by atoms with Crippen LogP contribution in [0.2, 0.25) is 0 Å². The average molecular weight is 363 g/mol. The fourth-order valence-corrected chi connectivity index (χ4v) is 3.01. The van der Waals surface area contributed by atoms with Crippen LogP contribution in [-0.2, 0) is 7.05 Å². The summed E-state index contributed by atoms with van der Waals surface area (Å²) in [7, 11) is 1.85. The Morgan fingerprint density at radius 2 is 1.96 bits per heavy atom. The van der Waals surface area contributed by atoms with Gasteiger partial charge in [0.2, 0.25) is 0 Å². The van der Waals surface area contributed by atoms with Gasteiger partial charge < -0.3 is 14.3 Å². The number of imidazole rings is 2. The second-order valence-corrected chi connectivity index (χ2v) is 6.45. The zero-order chi connectivity index (χ0) is 19.0. The lowest BCUT2D eigenvalue weighted by Crippen LogP contribution is -2.31. The van der Waals surface area contributed by atoms with Gasteiger partial charge in [0.15, 0.2) is 0 Å². The maximum atomic E-state index is 13.3. The topological polar surface area (TPSA) is 64.2 Å². The highest BCUT2D eigenvalue weighted by Gasteiger charge is 2.22. The van der Waals surface area contributed by atoms with Crippen LogP contribution in [0.15, 0.2) is 61.2 Å². The highest BCUT2D eigenvalue weighted by Crippen LogP contribution is 2.21. The highest BCUT2D eigenvalue weighted by atomic mass is 19.1. The molecule has 0 aliphatic heterocycles. The van der Waals surface area contributed by atoms with E-state index in [1.54, 1.807) is 35.1 Å². The number of aryl methyl sites for hydroxylation is 2. The number of halogens is 1. The molecule has 4 rings (SSSR count). The van der Waals surface area contributed by atoms with Crippen LogP contribution in [0.5, 0.6) is 0 Å². The second kappa shape index (κ2) is 6.68. The minimum Gasteiger partial charge on any atom is -0.337 e. The Kier molecular flexibility index (Phi) is 4.19. The number of fused-ring (bicyclic) bond motifs is 1. The molecule has 136 valence electrons. The standard InChI is InChI=1S/C20H18FN5O/c1-13-7-9-26-12-16(23-17(26)11-13)20(27)24-18(19-22-8-10-25(19)2)14-3-5-15(21)6-4-14/h3-12,18H,1-2H3,(H,24,27)/t18-/m0/s1. The first-order valence-corrected chi connectivity index (χ1v) is 8.50. The van der Waals surface area contributed by atoms with Gasteiger partial charge in [-0.1, -0.05) is 12.1 Å². The Labute approximate surface area is 155 Å². The van der Waals surface area contributed by atoms with E-state index in [4.69, 9.17) is 0 Å². The first kappa shape index (κ1) is 17.0. The zero-order valence-electron chi connectivity index (χ0n) is 14.9. The minimum atomic E-state index is -0.523. The number of carbonyl (C=O) groups is 1. The molecule has 7 heteroatoms. The van der Waals surface area contributed by atoms with Crippen molar-refractivity contribution in [3.8, 4) is 0 Å². The minimum absolute atomic E-state index is 0.307. The molecule has 0 radical (unpaired) electrons. The molecule has 0 fully saturated rings. The Morgan fingerprint density at radius 3 is 2.67 bits per heavy atom. The SMILES string of the molecule is Cc1ccn2cc(C(=O)N[C@@H](c3ccc(F)cc3)c3nccn3C)nc2c1. The van der Waals surface area contributed by atoms with Crippen LogP contribution < -0.4 is 5.32 Å². The van der Waals surface area contributed by atoms with Gasteiger partial charge in [-0.05, 0) is 42.3 Å². The van der Waals surface area contributed by atoms with Crippen molar-refractivity contribution in [2.24, 2.45) is 7.05 Å². The monoisotopic (exact) mass is 363 g/mol. The lowest BCUT2D eigenvalue weighted by Gasteiger charge is -2.18. The Bertz CT molecular complexity index is 1110. The van der Waals surface area contributed by atoms with Crippen LogP contribution in [0.3, 0.4) is 0 Å². The molecule has 0 bridgehead atoms. The smallest absolute Gasteiger partial charge is 0.272 e. The third-order valence-electron chi connectivity index (χ3n) is 4.44. The Balaban J connectivity index is 1.68. The number of hydrogen-bond donors (Lipinski definition) is 1. The molecule has 1 amide bonds. The van der Waals surface area contributed by atoms with Crippen LogP contribution >= 0.6 is 0 Å². The summed E-state index contributed by atoms with van der Waals surface area (Å²) in [5.41, 5.74) is 2.81. The van der Waals surface area contributed by atoms with Crippen molar-refractivity contribution >= 4 is 11.6 Å². The fourth-order valence-electron chi connectivity index (χ4n) is 3.01. The molecule has 1 atom stereocenters. The van der Waals surface area contributed by atoms with Crippen molar-refractivity contribution in [1.29, 1.82) is 0 Å². The number of hydrogen-bond acceptors (Lipinski definition) is 3. The van der Waals surface area contributed by atoms with Crippen molar-refractivity contribution in [2.45, 2.75) is 13.0 Å². The summed E-state index contributed by atoms with van der Waals surface area (Å²) in [5, 5.41) is 2.97. The molecule has 6 nitrogen and oxygen atoms in total. The number of amides is 1. The van der Waals surface area contributed by atoms with Crippen LogP contribution in [0.1, 0.15) is 33.5 Å². The quantitative estimate of drug-likeness (QED) is 0.606. The van der Waals surface area contributed by atoms with Crippen molar-refractivity contribution in [2.75, 3.05) is 0 Å². The molecule has 0 saturated heterocycles. The largest absolute Gasteiger partial charge is 0.337 e. The lowest BCUT2D eigenvalue weighted by atomic mass is 10.1. The van der Waals surface area contributed by atoms with Gasteiger partial charge in [0.1, 0.15) is 29.0 Å². The molecule has 0 aliphatic carbocycles. The average Bonchev–Trinajstić information content (AvgIpc) is 3.26. The summed E-state index contributed by atoms with van der Waals surface area (Å²) in [6.07, 6.45) is 7.01. The molecule has 27 heavy (non-hydrogen) atoms. The molecular weight excluding hydrogens is 345 g/mol. The molecular formula is C20H18FN5O. The summed E-state index contributed by atoms with van der Waals surface area (Å²) in [6.45, 7) is 1.97. The van der Waals surface area contributed by atoms with E-state index in [-0.39, 0.29) is 11.7 Å². The number of carbonyl (C=O) groups excluding carboxylic acids is 1. The maximum absolute atomic E-state index is 13.3. The maximum Gasteiger partial charge on any atom is 0.272 e. The molecule has 0 unspecified atom stereocenters. The zero-order valence-corrected chi connectivity index (χ0v) is 14.9. The van der Waals surface area contributed by atoms with E-state index in [0.29, 0.717) is 17.2 Å². The number of benzene rings is 1. The number of nitrogens with one attached hydrogen (secondary N) is 1. The van der Waals surface area contributed by atoms with E-state index in [0.717, 1.165) is 11.1 Å². The van der Waals surface area contributed by atoms with Gasteiger partial charge in [0.05, 0.1) is 0 Å². The first-order chi connectivity index (χ1) is 13.0. The van der Waals surface area contributed by atoms with Crippen LogP contribution in [0, 0.1) is 12.7 Å². The molecule has 3 aromatic heterocycles. The van der Waals surface area contributed by atoms with Crippen LogP contribution in [0.4, 0.5) is 4.39 Å². The van der Waals surface area contributed by atoms with Crippen molar-refractivity contribution in [1.82, 2.24) is 24.3 Å². The van der Waals surface area contributed by atoms with Gasteiger partial charge >= 0.3 is 0 Å². The third-order valence-corrected chi connectivity index (χ3v) is 4.44. The van der Waals surface area contributed by atoms with Crippen molar-refractivity contribution in [3.05, 3.63) is 89.6 Å². The Morgan fingerprint density at radius 1 is 1.19 bits per heavy atom. The normalized spacial score (nSPS) is 12.3. The predicted molar refractivity (Wildman–Crippen MR) is 98.8 cm³/mol. The summed E-state index contributed by atoms with van der Waals surface area (Å²) in [5.74, 6) is -0.0115. The van der Waals surface area contributed by atoms with Crippen LogP contribution in [-0.4, -0.2) is 24.8 Å². The summed E-state index contributed by atoms with van der Waals surface area (Å²) in [6, 6.07) is 9.35. The van der Waals surface area contributed by atoms with Gasteiger partial charge in [0, 0.05) is 31.8 Å². The molecule has 0 spiro atoms. The highest BCUT2D eigenvalue weighted by molar-refractivity contribution is 5.93. The lowest BCUT2D eigenvalue weighted by molar-refractivity contribution is 0.0936. The Hall–Kier alpha value is -3.48. The first-order valence-electron chi connectivity index (χ1n) is 8.50. The number of pyridine rings is 1. The summed E-state index contributed by atoms with van der Waals surface area (Å²) >= 11 is 0. The molecule has 0 saturated carbocycles. The van der Waals surface area contributed by atoms with Gasteiger partial charge in [-0.3, -0.25) is 4.79 Å². The molecule has 4 aromatic rings. The van der Waals surface area contributed by atoms with E-state index in [1.165, 1.54) is 12.1 Å². The molecule has 3 heterocycles. The van der Waals surface area contributed by atoms with E-state index in [2.05, 4.69) is 15.3 Å². The molecule has 1 N–H and O–H groups in total. The fraction of sp³-hybridized carbons (Fsp3) is 0.150. The van der Waals surface area contributed by atoms with Gasteiger partial charge in [0.25, 0.3) is 5.91 Å². The van der Waals surface area contributed by atoms with E-state index >= 15 is 0 Å². The summed E-state index contributed by atoms with van der Waals surface area (Å²) < 4.78 is 17.0. The number of aromatic nitrogens is 4. The molecule has 1 aromatic carbocycles. The van der Waals surface area contributed by atoms with Crippen molar-refractivity contribution in [3.63, 3.8) is 0 Å². The van der Waals surface area contributed by atoms with Crippen LogP contribution in [0.25, 0.3) is 5.65 Å². The van der Waals surface area contributed by atoms with E-state index < -0.39 is 6.04 Å². The predicted octanol–water partition coefficient (Wildman–Crippen LogP) is 3.03.